The Hall–Kier alpha value is -1.90. The van der Waals surface area contributed by atoms with Gasteiger partial charge in [-0.1, -0.05) is 12.1 Å². The highest BCUT2D eigenvalue weighted by atomic mass is 32.2. The van der Waals surface area contributed by atoms with E-state index in [0.29, 0.717) is 23.6 Å². The molecular formula is C20H25N3O3S2. The molecule has 4 rings (SSSR count). The molecule has 1 unspecified atom stereocenters. The largest absolute Gasteiger partial charge is 0.371 e. The lowest BCUT2D eigenvalue weighted by Crippen LogP contribution is -2.43. The van der Waals surface area contributed by atoms with Gasteiger partial charge in [0.25, 0.3) is 10.0 Å². The molecule has 2 aliphatic heterocycles. The number of amides is 1. The Labute approximate surface area is 170 Å². The molecule has 0 radical (unpaired) electrons. The summed E-state index contributed by atoms with van der Waals surface area (Å²) in [7, 11) is -3.51. The van der Waals surface area contributed by atoms with Gasteiger partial charge in [0.15, 0.2) is 0 Å². The summed E-state index contributed by atoms with van der Waals surface area (Å²) in [6.45, 7) is 4.79. The molecule has 6 nitrogen and oxygen atoms in total. The molecule has 1 saturated heterocycles. The number of carbonyl (C=O) groups is 1. The molecule has 1 aromatic heterocycles. The number of hydrogen-bond acceptors (Lipinski definition) is 5. The van der Waals surface area contributed by atoms with E-state index in [2.05, 4.69) is 23.2 Å². The Bertz CT molecular complexity index is 957. The van der Waals surface area contributed by atoms with Crippen molar-refractivity contribution in [1.29, 1.82) is 0 Å². The Balaban J connectivity index is 1.45. The molecule has 1 atom stereocenters. The van der Waals surface area contributed by atoms with Gasteiger partial charge >= 0.3 is 0 Å². The fourth-order valence-electron chi connectivity index (χ4n) is 4.01. The molecule has 1 N–H and O–H groups in total. The monoisotopic (exact) mass is 419 g/mol. The maximum atomic E-state index is 12.8. The number of piperidine rings is 1. The highest BCUT2D eigenvalue weighted by molar-refractivity contribution is 7.91. The molecule has 0 spiro atoms. The summed E-state index contributed by atoms with van der Waals surface area (Å²) >= 11 is 1.21. The number of fused-ring (bicyclic) bond motifs is 1. The first kappa shape index (κ1) is 19.4. The standard InChI is InChI=1S/C20H25N3O3S2/c1-2-22-11-9-15-7-8-17(13-18(15)22)21-20(24)16-5-3-10-23(14-16)28(25,26)19-6-4-12-27-19/h4,6-8,12-13,16H,2-3,5,9-11,14H2,1H3,(H,21,24). The molecule has 8 heteroatoms. The zero-order valence-corrected chi connectivity index (χ0v) is 17.6. The summed E-state index contributed by atoms with van der Waals surface area (Å²) in [5.74, 6) is -0.439. The van der Waals surface area contributed by atoms with E-state index in [1.807, 2.05) is 12.1 Å². The molecule has 0 aliphatic carbocycles. The van der Waals surface area contributed by atoms with E-state index in [4.69, 9.17) is 0 Å². The number of sulfonamides is 1. The van der Waals surface area contributed by atoms with Gasteiger partial charge in [-0.3, -0.25) is 4.79 Å². The van der Waals surface area contributed by atoms with Crippen LogP contribution in [-0.2, 0) is 21.2 Å². The number of carbonyl (C=O) groups excluding carboxylic acids is 1. The van der Waals surface area contributed by atoms with Crippen molar-refractivity contribution < 1.29 is 13.2 Å². The number of anilines is 2. The van der Waals surface area contributed by atoms with Crippen LogP contribution < -0.4 is 10.2 Å². The number of likely N-dealkylation sites (N-methyl/N-ethyl adjacent to an activating group) is 1. The van der Waals surface area contributed by atoms with E-state index in [-0.39, 0.29) is 18.4 Å². The number of rotatable bonds is 5. The van der Waals surface area contributed by atoms with Crippen LogP contribution in [0.3, 0.4) is 0 Å². The van der Waals surface area contributed by atoms with Crippen LogP contribution in [0.5, 0.6) is 0 Å². The van der Waals surface area contributed by atoms with Crippen molar-refractivity contribution in [2.45, 2.75) is 30.4 Å². The Morgan fingerprint density at radius 1 is 1.29 bits per heavy atom. The third-order valence-corrected chi connectivity index (χ3v) is 8.81. The van der Waals surface area contributed by atoms with Gasteiger partial charge in [0, 0.05) is 37.6 Å². The van der Waals surface area contributed by atoms with Crippen molar-refractivity contribution in [2.24, 2.45) is 5.92 Å². The quantitative estimate of drug-likeness (QED) is 0.808. The summed E-state index contributed by atoms with van der Waals surface area (Å²) < 4.78 is 27.3. The smallest absolute Gasteiger partial charge is 0.252 e. The van der Waals surface area contributed by atoms with Gasteiger partial charge in [0.05, 0.1) is 5.92 Å². The van der Waals surface area contributed by atoms with Crippen molar-refractivity contribution in [3.8, 4) is 0 Å². The van der Waals surface area contributed by atoms with Crippen LogP contribution in [0.25, 0.3) is 0 Å². The second kappa shape index (κ2) is 7.85. The molecule has 1 amide bonds. The first-order valence-electron chi connectivity index (χ1n) is 9.71. The van der Waals surface area contributed by atoms with E-state index >= 15 is 0 Å². The summed E-state index contributed by atoms with van der Waals surface area (Å²) in [5, 5.41) is 4.77. The minimum absolute atomic E-state index is 0.105. The van der Waals surface area contributed by atoms with Crippen LogP contribution in [0, 0.1) is 5.92 Å². The fourth-order valence-corrected chi connectivity index (χ4v) is 6.68. The first-order chi connectivity index (χ1) is 13.5. The number of nitrogens with zero attached hydrogens (tertiary/aromatic N) is 2. The van der Waals surface area contributed by atoms with Crippen LogP contribution in [0.2, 0.25) is 0 Å². The number of nitrogens with one attached hydrogen (secondary N) is 1. The van der Waals surface area contributed by atoms with Gasteiger partial charge in [0.1, 0.15) is 4.21 Å². The second-order valence-corrected chi connectivity index (χ2v) is 10.4. The molecule has 2 aliphatic rings. The molecule has 1 fully saturated rings. The summed E-state index contributed by atoms with van der Waals surface area (Å²) in [5.41, 5.74) is 3.28. The van der Waals surface area contributed by atoms with Crippen molar-refractivity contribution in [3.05, 3.63) is 41.3 Å². The van der Waals surface area contributed by atoms with Gasteiger partial charge in [0.2, 0.25) is 5.91 Å². The maximum Gasteiger partial charge on any atom is 0.252 e. The molecular weight excluding hydrogens is 394 g/mol. The van der Waals surface area contributed by atoms with E-state index in [9.17, 15) is 13.2 Å². The average Bonchev–Trinajstić information content (AvgIpc) is 3.38. The summed E-state index contributed by atoms with van der Waals surface area (Å²) in [6, 6.07) is 9.41. The van der Waals surface area contributed by atoms with Gasteiger partial charge < -0.3 is 10.2 Å². The minimum atomic E-state index is -3.51. The molecule has 0 bridgehead atoms. The van der Waals surface area contributed by atoms with Crippen molar-refractivity contribution in [2.75, 3.05) is 36.4 Å². The van der Waals surface area contributed by atoms with Crippen molar-refractivity contribution in [3.63, 3.8) is 0 Å². The van der Waals surface area contributed by atoms with Crippen LogP contribution >= 0.6 is 11.3 Å². The normalized spacial score (nSPS) is 20.2. The van der Waals surface area contributed by atoms with E-state index < -0.39 is 10.0 Å². The fraction of sp³-hybridized carbons (Fsp3) is 0.450. The number of thiophene rings is 1. The van der Waals surface area contributed by atoms with E-state index in [1.165, 1.54) is 26.9 Å². The molecule has 150 valence electrons. The zero-order valence-electron chi connectivity index (χ0n) is 15.9. The highest BCUT2D eigenvalue weighted by Gasteiger charge is 2.34. The number of benzene rings is 1. The lowest BCUT2D eigenvalue weighted by Gasteiger charge is -2.30. The predicted octanol–water partition coefficient (Wildman–Crippen LogP) is 3.17. The zero-order chi connectivity index (χ0) is 19.7. The third kappa shape index (κ3) is 3.68. The average molecular weight is 420 g/mol. The second-order valence-electron chi connectivity index (χ2n) is 7.30. The topological polar surface area (TPSA) is 69.7 Å². The molecule has 28 heavy (non-hydrogen) atoms. The lowest BCUT2D eigenvalue weighted by molar-refractivity contribution is -0.120. The summed E-state index contributed by atoms with van der Waals surface area (Å²) in [6.07, 6.45) is 2.43. The van der Waals surface area contributed by atoms with Crippen LogP contribution in [0.4, 0.5) is 11.4 Å². The Morgan fingerprint density at radius 2 is 2.14 bits per heavy atom. The molecule has 2 aromatic rings. The first-order valence-corrected chi connectivity index (χ1v) is 12.0. The van der Waals surface area contributed by atoms with Crippen molar-refractivity contribution >= 4 is 38.6 Å². The van der Waals surface area contributed by atoms with Crippen LogP contribution in [0.1, 0.15) is 25.3 Å². The number of hydrogen-bond donors (Lipinski definition) is 1. The summed E-state index contributed by atoms with van der Waals surface area (Å²) in [4.78, 5) is 15.1. The van der Waals surface area contributed by atoms with Gasteiger partial charge in [-0.05, 0) is 55.3 Å². The van der Waals surface area contributed by atoms with Crippen LogP contribution in [0.15, 0.2) is 39.9 Å². The molecule has 0 saturated carbocycles. The van der Waals surface area contributed by atoms with E-state index in [1.54, 1.807) is 17.5 Å². The Kier molecular flexibility index (Phi) is 5.44. The minimum Gasteiger partial charge on any atom is -0.371 e. The van der Waals surface area contributed by atoms with Gasteiger partial charge in [-0.2, -0.15) is 4.31 Å². The maximum absolute atomic E-state index is 12.8. The predicted molar refractivity (Wildman–Crippen MR) is 112 cm³/mol. The SMILES string of the molecule is CCN1CCc2ccc(NC(=O)C3CCCN(S(=O)(=O)c4cccs4)C3)cc21. The van der Waals surface area contributed by atoms with Crippen molar-refractivity contribution in [1.82, 2.24) is 4.31 Å². The van der Waals surface area contributed by atoms with Gasteiger partial charge in [-0.15, -0.1) is 11.3 Å². The van der Waals surface area contributed by atoms with Gasteiger partial charge in [-0.25, -0.2) is 8.42 Å². The lowest BCUT2D eigenvalue weighted by atomic mass is 9.98. The molecule has 1 aromatic carbocycles. The van der Waals surface area contributed by atoms with E-state index in [0.717, 1.165) is 25.2 Å². The third-order valence-electron chi connectivity index (χ3n) is 5.57. The molecule has 3 heterocycles. The van der Waals surface area contributed by atoms with Crippen LogP contribution in [-0.4, -0.2) is 44.8 Å². The highest BCUT2D eigenvalue weighted by Crippen LogP contribution is 2.31. The Morgan fingerprint density at radius 3 is 2.89 bits per heavy atom.